The van der Waals surface area contributed by atoms with Crippen molar-refractivity contribution in [2.24, 2.45) is 0 Å². The highest BCUT2D eigenvalue weighted by Gasteiger charge is 2.11. The molecule has 0 atom stereocenters. The minimum absolute atomic E-state index is 0.164. The summed E-state index contributed by atoms with van der Waals surface area (Å²) in [6, 6.07) is 5.99. The van der Waals surface area contributed by atoms with Crippen LogP contribution in [0.15, 0.2) is 18.2 Å². The van der Waals surface area contributed by atoms with Crippen LogP contribution in [0.5, 0.6) is 0 Å². The van der Waals surface area contributed by atoms with Gasteiger partial charge in [0.1, 0.15) is 0 Å². The quantitative estimate of drug-likeness (QED) is 0.732. The Labute approximate surface area is 121 Å². The zero-order valence-corrected chi connectivity index (χ0v) is 12.7. The summed E-state index contributed by atoms with van der Waals surface area (Å²) in [7, 11) is 0. The summed E-state index contributed by atoms with van der Waals surface area (Å²) in [5, 5.41) is 13.3. The largest absolute Gasteiger partial charge is 0.395 e. The van der Waals surface area contributed by atoms with Gasteiger partial charge >= 0.3 is 0 Å². The molecule has 0 heterocycles. The van der Waals surface area contributed by atoms with Gasteiger partial charge in [0.05, 0.1) is 6.61 Å². The van der Waals surface area contributed by atoms with E-state index in [0.29, 0.717) is 6.54 Å². The molecular weight excluding hydrogens is 260 g/mol. The molecule has 1 aromatic carbocycles. The molecule has 0 aliphatic carbocycles. The molecule has 1 aromatic rings. The SMILES string of the molecule is CCCCN(CCO)c1cc(Cl)ccc1CNCC. The Bertz CT molecular complexity index is 371. The summed E-state index contributed by atoms with van der Waals surface area (Å²) in [5.74, 6) is 0. The van der Waals surface area contributed by atoms with E-state index in [1.165, 1.54) is 5.56 Å². The van der Waals surface area contributed by atoms with Gasteiger partial charge in [0.25, 0.3) is 0 Å². The van der Waals surface area contributed by atoms with Gasteiger partial charge in [-0.1, -0.05) is 37.9 Å². The van der Waals surface area contributed by atoms with E-state index in [0.717, 1.165) is 43.2 Å². The van der Waals surface area contributed by atoms with Crippen LogP contribution in [0.1, 0.15) is 32.3 Å². The van der Waals surface area contributed by atoms with Crippen molar-refractivity contribution in [3.63, 3.8) is 0 Å². The van der Waals surface area contributed by atoms with E-state index in [2.05, 4.69) is 30.1 Å². The van der Waals surface area contributed by atoms with Gasteiger partial charge in [0.15, 0.2) is 0 Å². The van der Waals surface area contributed by atoms with Crippen molar-refractivity contribution < 1.29 is 5.11 Å². The van der Waals surface area contributed by atoms with Gasteiger partial charge in [-0.25, -0.2) is 0 Å². The average molecular weight is 285 g/mol. The lowest BCUT2D eigenvalue weighted by Gasteiger charge is -2.26. The van der Waals surface area contributed by atoms with Crippen LogP contribution in [0.25, 0.3) is 0 Å². The minimum atomic E-state index is 0.164. The highest BCUT2D eigenvalue weighted by atomic mass is 35.5. The highest BCUT2D eigenvalue weighted by Crippen LogP contribution is 2.25. The number of nitrogens with one attached hydrogen (secondary N) is 1. The van der Waals surface area contributed by atoms with Crippen molar-refractivity contribution in [3.05, 3.63) is 28.8 Å². The normalized spacial score (nSPS) is 10.7. The van der Waals surface area contributed by atoms with Crippen molar-refractivity contribution in [2.45, 2.75) is 33.2 Å². The average Bonchev–Trinajstić information content (AvgIpc) is 2.42. The monoisotopic (exact) mass is 284 g/mol. The number of benzene rings is 1. The Morgan fingerprint density at radius 1 is 1.26 bits per heavy atom. The lowest BCUT2D eigenvalue weighted by molar-refractivity contribution is 0.301. The molecule has 1 rings (SSSR count). The van der Waals surface area contributed by atoms with Gasteiger partial charge in [-0.05, 0) is 30.7 Å². The van der Waals surface area contributed by atoms with Crippen LogP contribution in [-0.2, 0) is 6.54 Å². The van der Waals surface area contributed by atoms with Crippen LogP contribution < -0.4 is 10.2 Å². The van der Waals surface area contributed by atoms with Gasteiger partial charge in [0.2, 0.25) is 0 Å². The van der Waals surface area contributed by atoms with Crippen LogP contribution in [0.2, 0.25) is 5.02 Å². The summed E-state index contributed by atoms with van der Waals surface area (Å²) in [4.78, 5) is 2.22. The zero-order chi connectivity index (χ0) is 14.1. The predicted molar refractivity (Wildman–Crippen MR) is 83.0 cm³/mol. The molecule has 3 nitrogen and oxygen atoms in total. The van der Waals surface area contributed by atoms with Crippen molar-refractivity contribution in [1.29, 1.82) is 0 Å². The second-order valence-corrected chi connectivity index (χ2v) is 5.05. The Hall–Kier alpha value is -0.770. The third-order valence-corrected chi connectivity index (χ3v) is 3.34. The number of unbranched alkanes of at least 4 members (excludes halogenated alkanes) is 1. The van der Waals surface area contributed by atoms with Gasteiger partial charge < -0.3 is 15.3 Å². The van der Waals surface area contributed by atoms with Gasteiger partial charge in [0, 0.05) is 30.3 Å². The maximum absolute atomic E-state index is 9.24. The van der Waals surface area contributed by atoms with E-state index < -0.39 is 0 Å². The minimum Gasteiger partial charge on any atom is -0.395 e. The molecule has 2 N–H and O–H groups in total. The highest BCUT2D eigenvalue weighted by molar-refractivity contribution is 6.30. The molecule has 108 valence electrons. The molecular formula is C15H25ClN2O. The molecule has 19 heavy (non-hydrogen) atoms. The molecule has 0 aromatic heterocycles. The topological polar surface area (TPSA) is 35.5 Å². The standard InChI is InChI=1S/C15H25ClN2O/c1-3-5-8-18(9-10-19)15-11-14(16)7-6-13(15)12-17-4-2/h6-7,11,17,19H,3-5,8-10,12H2,1-2H3. The molecule has 0 fully saturated rings. The summed E-state index contributed by atoms with van der Waals surface area (Å²) in [6.07, 6.45) is 2.26. The number of nitrogens with zero attached hydrogens (tertiary/aromatic N) is 1. The summed E-state index contributed by atoms with van der Waals surface area (Å²) in [5.41, 5.74) is 2.37. The van der Waals surface area contributed by atoms with Gasteiger partial charge in [-0.3, -0.25) is 0 Å². The number of hydrogen-bond donors (Lipinski definition) is 2. The number of halogens is 1. The second-order valence-electron chi connectivity index (χ2n) is 4.62. The van der Waals surface area contributed by atoms with Gasteiger partial charge in [-0.15, -0.1) is 0 Å². The molecule has 0 unspecified atom stereocenters. The van der Waals surface area contributed by atoms with E-state index in [1.54, 1.807) is 0 Å². The molecule has 0 aliphatic heterocycles. The maximum atomic E-state index is 9.24. The maximum Gasteiger partial charge on any atom is 0.0606 e. The second kappa shape index (κ2) is 9.18. The molecule has 0 spiro atoms. The fourth-order valence-electron chi connectivity index (χ4n) is 2.06. The van der Waals surface area contributed by atoms with Crippen molar-refractivity contribution in [2.75, 3.05) is 31.1 Å². The predicted octanol–water partition coefficient (Wildman–Crippen LogP) is 3.05. The smallest absolute Gasteiger partial charge is 0.0606 e. The molecule has 0 amide bonds. The summed E-state index contributed by atoms with van der Waals surface area (Å²) >= 11 is 6.12. The van der Waals surface area contributed by atoms with Crippen LogP contribution in [0.4, 0.5) is 5.69 Å². The van der Waals surface area contributed by atoms with Crippen LogP contribution in [0.3, 0.4) is 0 Å². The van der Waals surface area contributed by atoms with Crippen molar-refractivity contribution >= 4 is 17.3 Å². The van der Waals surface area contributed by atoms with E-state index in [-0.39, 0.29) is 6.61 Å². The molecule has 0 bridgehead atoms. The molecule has 4 heteroatoms. The first-order chi connectivity index (χ1) is 9.22. The lowest BCUT2D eigenvalue weighted by Crippen LogP contribution is -2.29. The first kappa shape index (κ1) is 16.3. The molecule has 0 aliphatic rings. The molecule has 0 saturated carbocycles. The first-order valence-corrected chi connectivity index (χ1v) is 7.45. The summed E-state index contributed by atoms with van der Waals surface area (Å²) < 4.78 is 0. The lowest BCUT2D eigenvalue weighted by atomic mass is 10.1. The van der Waals surface area contributed by atoms with Crippen molar-refractivity contribution in [1.82, 2.24) is 5.32 Å². The first-order valence-electron chi connectivity index (χ1n) is 7.07. The van der Waals surface area contributed by atoms with E-state index in [1.807, 2.05) is 12.1 Å². The van der Waals surface area contributed by atoms with E-state index >= 15 is 0 Å². The third-order valence-electron chi connectivity index (χ3n) is 3.10. The van der Waals surface area contributed by atoms with E-state index in [9.17, 15) is 5.11 Å². The number of anilines is 1. The van der Waals surface area contributed by atoms with Crippen LogP contribution >= 0.6 is 11.6 Å². The number of aliphatic hydroxyl groups is 1. The number of rotatable bonds is 9. The number of hydrogen-bond acceptors (Lipinski definition) is 3. The van der Waals surface area contributed by atoms with Crippen LogP contribution in [0, 0.1) is 0 Å². The van der Waals surface area contributed by atoms with E-state index in [4.69, 9.17) is 11.6 Å². The van der Waals surface area contributed by atoms with Crippen LogP contribution in [-0.4, -0.2) is 31.3 Å². The Kier molecular flexibility index (Phi) is 7.87. The molecule has 0 saturated heterocycles. The third kappa shape index (κ3) is 5.39. The van der Waals surface area contributed by atoms with Gasteiger partial charge in [-0.2, -0.15) is 0 Å². The zero-order valence-electron chi connectivity index (χ0n) is 12.0. The fourth-order valence-corrected chi connectivity index (χ4v) is 2.23. The Morgan fingerprint density at radius 2 is 2.05 bits per heavy atom. The summed E-state index contributed by atoms with van der Waals surface area (Å²) in [6.45, 7) is 7.81. The van der Waals surface area contributed by atoms with Crippen molar-refractivity contribution in [3.8, 4) is 0 Å². The number of aliphatic hydroxyl groups excluding tert-OH is 1. The fraction of sp³-hybridized carbons (Fsp3) is 0.600. The Balaban J connectivity index is 2.93. The molecule has 0 radical (unpaired) electrons. The Morgan fingerprint density at radius 3 is 2.68 bits per heavy atom.